The summed E-state index contributed by atoms with van der Waals surface area (Å²) in [5.41, 5.74) is 2.61. The minimum Gasteiger partial charge on any atom is -0.507 e. The van der Waals surface area contributed by atoms with Crippen LogP contribution in [0.25, 0.3) is 0 Å². The summed E-state index contributed by atoms with van der Waals surface area (Å²) in [5.74, 6) is 0.0361. The number of hydrazone groups is 1. The van der Waals surface area contributed by atoms with Crippen LogP contribution >= 0.6 is 15.9 Å². The number of nitrogens with one attached hydrogen (secondary N) is 1. The summed E-state index contributed by atoms with van der Waals surface area (Å²) >= 11 is 3.12. The van der Waals surface area contributed by atoms with Gasteiger partial charge in [0.25, 0.3) is 0 Å². The van der Waals surface area contributed by atoms with E-state index in [9.17, 15) is 15.0 Å². The third-order valence-electron chi connectivity index (χ3n) is 2.43. The van der Waals surface area contributed by atoms with E-state index in [1.807, 2.05) is 0 Å². The average molecular weight is 339 g/mol. The van der Waals surface area contributed by atoms with Gasteiger partial charge in [0.15, 0.2) is 5.76 Å². The minimum atomic E-state index is -0.494. The summed E-state index contributed by atoms with van der Waals surface area (Å²) in [6.45, 7) is 1.73. The van der Waals surface area contributed by atoms with Crippen LogP contribution in [0.3, 0.4) is 0 Å². The zero-order chi connectivity index (χ0) is 14.7. The Balaban J connectivity index is 2.07. The summed E-state index contributed by atoms with van der Waals surface area (Å²) in [6.07, 6.45) is 1.26. The average Bonchev–Trinajstić information content (AvgIpc) is 2.82. The van der Waals surface area contributed by atoms with E-state index in [0.29, 0.717) is 15.8 Å². The van der Waals surface area contributed by atoms with Crippen LogP contribution in [0.5, 0.6) is 11.5 Å². The number of rotatable bonds is 3. The summed E-state index contributed by atoms with van der Waals surface area (Å²) in [5, 5.41) is 22.7. The molecule has 0 aliphatic carbocycles. The Hall–Kier alpha value is -2.28. The van der Waals surface area contributed by atoms with Gasteiger partial charge in [0.1, 0.15) is 17.3 Å². The van der Waals surface area contributed by atoms with Gasteiger partial charge in [-0.3, -0.25) is 4.79 Å². The number of hydrogen-bond donors (Lipinski definition) is 3. The van der Waals surface area contributed by atoms with Gasteiger partial charge >= 0.3 is 5.91 Å². The van der Waals surface area contributed by atoms with Gasteiger partial charge in [-0.2, -0.15) is 5.10 Å². The largest absolute Gasteiger partial charge is 0.507 e. The van der Waals surface area contributed by atoms with Crippen LogP contribution in [-0.4, -0.2) is 22.3 Å². The number of aromatic hydroxyl groups is 2. The predicted molar refractivity (Wildman–Crippen MR) is 76.0 cm³/mol. The molecular formula is C13H11BrN2O4. The maximum atomic E-state index is 11.6. The Labute approximate surface area is 122 Å². The Kier molecular flexibility index (Phi) is 4.09. The molecule has 0 saturated carbocycles. The molecule has 0 fully saturated rings. The lowest BCUT2D eigenvalue weighted by atomic mass is 10.2. The lowest BCUT2D eigenvalue weighted by Gasteiger charge is -2.02. The topological polar surface area (TPSA) is 95.1 Å². The first-order chi connectivity index (χ1) is 9.47. The van der Waals surface area contributed by atoms with Gasteiger partial charge < -0.3 is 14.6 Å². The molecule has 0 aliphatic heterocycles. The first-order valence-corrected chi connectivity index (χ1v) is 6.38. The van der Waals surface area contributed by atoms with Gasteiger partial charge in [-0.15, -0.1) is 0 Å². The normalized spacial score (nSPS) is 10.9. The van der Waals surface area contributed by atoms with Crippen LogP contribution in [0.2, 0.25) is 0 Å². The molecule has 20 heavy (non-hydrogen) atoms. The SMILES string of the molecule is Cc1ccc(C(=O)N/N=C/c2cc(Br)c(O)cc2O)o1. The quantitative estimate of drug-likeness (QED) is 0.592. The maximum absolute atomic E-state index is 11.6. The van der Waals surface area contributed by atoms with Crippen molar-refractivity contribution >= 4 is 28.1 Å². The van der Waals surface area contributed by atoms with Gasteiger partial charge in [-0.1, -0.05) is 0 Å². The Morgan fingerprint density at radius 3 is 2.75 bits per heavy atom. The zero-order valence-corrected chi connectivity index (χ0v) is 12.0. The first kappa shape index (κ1) is 14.1. The summed E-state index contributed by atoms with van der Waals surface area (Å²) in [4.78, 5) is 11.6. The molecule has 6 nitrogen and oxygen atoms in total. The molecular weight excluding hydrogens is 328 g/mol. The highest BCUT2D eigenvalue weighted by Gasteiger charge is 2.09. The number of nitrogens with zero attached hydrogens (tertiary/aromatic N) is 1. The standard InChI is InChI=1S/C13H11BrN2O4/c1-7-2-3-12(20-7)13(19)16-15-6-8-4-9(14)11(18)5-10(8)17/h2-6,17-18H,1H3,(H,16,19)/b15-6+. The van der Waals surface area contributed by atoms with Gasteiger partial charge in [-0.25, -0.2) is 5.43 Å². The second-order valence-corrected chi connectivity index (χ2v) is 4.83. The van der Waals surface area contributed by atoms with Crippen LogP contribution in [-0.2, 0) is 0 Å². The molecule has 2 aromatic rings. The fourth-order valence-electron chi connectivity index (χ4n) is 1.44. The van der Waals surface area contributed by atoms with Crippen molar-refractivity contribution < 1.29 is 19.4 Å². The van der Waals surface area contributed by atoms with Gasteiger partial charge in [0, 0.05) is 11.6 Å². The summed E-state index contributed by atoms with van der Waals surface area (Å²) in [6, 6.07) is 5.84. The van der Waals surface area contributed by atoms with E-state index in [-0.39, 0.29) is 17.3 Å². The molecule has 0 aliphatic rings. The number of halogens is 1. The predicted octanol–water partition coefficient (Wildman–Crippen LogP) is 2.53. The number of carbonyl (C=O) groups is 1. The van der Waals surface area contributed by atoms with Gasteiger partial charge in [0.05, 0.1) is 10.7 Å². The van der Waals surface area contributed by atoms with Crippen LogP contribution in [0.15, 0.2) is 38.3 Å². The number of furan rings is 1. The summed E-state index contributed by atoms with van der Waals surface area (Å²) < 4.78 is 5.54. The second kappa shape index (κ2) is 5.79. The molecule has 0 saturated heterocycles. The summed E-state index contributed by atoms with van der Waals surface area (Å²) in [7, 11) is 0. The van der Waals surface area contributed by atoms with Crippen molar-refractivity contribution in [2.75, 3.05) is 0 Å². The smallest absolute Gasteiger partial charge is 0.307 e. The Bertz CT molecular complexity index is 679. The minimum absolute atomic E-state index is 0.0882. The highest BCUT2D eigenvalue weighted by molar-refractivity contribution is 9.10. The molecule has 0 atom stereocenters. The van der Waals surface area contributed by atoms with E-state index in [1.165, 1.54) is 24.4 Å². The van der Waals surface area contributed by atoms with E-state index in [0.717, 1.165) is 0 Å². The molecule has 0 radical (unpaired) electrons. The van der Waals surface area contributed by atoms with Crippen LogP contribution < -0.4 is 5.43 Å². The van der Waals surface area contributed by atoms with E-state index in [4.69, 9.17) is 4.42 Å². The van der Waals surface area contributed by atoms with E-state index >= 15 is 0 Å². The Morgan fingerprint density at radius 1 is 1.35 bits per heavy atom. The Morgan fingerprint density at radius 2 is 2.10 bits per heavy atom. The second-order valence-electron chi connectivity index (χ2n) is 3.97. The number of hydrogen-bond acceptors (Lipinski definition) is 5. The fourth-order valence-corrected chi connectivity index (χ4v) is 1.80. The number of benzene rings is 1. The number of amides is 1. The molecule has 0 unspecified atom stereocenters. The molecule has 0 bridgehead atoms. The molecule has 2 rings (SSSR count). The van der Waals surface area contributed by atoms with Crippen LogP contribution in [0, 0.1) is 6.92 Å². The van der Waals surface area contributed by atoms with Crippen molar-refractivity contribution in [3.8, 4) is 11.5 Å². The van der Waals surface area contributed by atoms with Crippen molar-refractivity contribution in [3.63, 3.8) is 0 Å². The zero-order valence-electron chi connectivity index (χ0n) is 10.4. The molecule has 3 N–H and O–H groups in total. The van der Waals surface area contributed by atoms with Crippen LogP contribution in [0.1, 0.15) is 21.9 Å². The number of carbonyl (C=O) groups excluding carboxylic acids is 1. The van der Waals surface area contributed by atoms with Crippen LogP contribution in [0.4, 0.5) is 0 Å². The van der Waals surface area contributed by atoms with Gasteiger partial charge in [-0.05, 0) is 41.1 Å². The number of phenolic OH excluding ortho intramolecular Hbond substituents is 2. The van der Waals surface area contributed by atoms with Crippen molar-refractivity contribution in [2.24, 2.45) is 5.10 Å². The molecule has 1 aromatic carbocycles. The fraction of sp³-hybridized carbons (Fsp3) is 0.0769. The van der Waals surface area contributed by atoms with E-state index in [2.05, 4.69) is 26.5 Å². The van der Waals surface area contributed by atoms with E-state index in [1.54, 1.807) is 13.0 Å². The van der Waals surface area contributed by atoms with Crippen molar-refractivity contribution in [1.29, 1.82) is 0 Å². The highest BCUT2D eigenvalue weighted by atomic mass is 79.9. The third-order valence-corrected chi connectivity index (χ3v) is 3.07. The monoisotopic (exact) mass is 338 g/mol. The molecule has 1 heterocycles. The number of aryl methyl sites for hydroxylation is 1. The highest BCUT2D eigenvalue weighted by Crippen LogP contribution is 2.30. The third kappa shape index (κ3) is 3.18. The van der Waals surface area contributed by atoms with E-state index < -0.39 is 5.91 Å². The molecule has 7 heteroatoms. The van der Waals surface area contributed by atoms with Crippen molar-refractivity contribution in [2.45, 2.75) is 6.92 Å². The van der Waals surface area contributed by atoms with Gasteiger partial charge in [0.2, 0.25) is 0 Å². The molecule has 1 aromatic heterocycles. The molecule has 1 amide bonds. The van der Waals surface area contributed by atoms with Crippen molar-refractivity contribution in [1.82, 2.24) is 5.43 Å². The lowest BCUT2D eigenvalue weighted by Crippen LogP contribution is -2.16. The molecule has 0 spiro atoms. The molecule has 104 valence electrons. The lowest BCUT2D eigenvalue weighted by molar-refractivity contribution is 0.0926. The maximum Gasteiger partial charge on any atom is 0.307 e. The van der Waals surface area contributed by atoms with Crippen molar-refractivity contribution in [3.05, 3.63) is 45.8 Å². The number of phenols is 2. The first-order valence-electron chi connectivity index (χ1n) is 5.58.